The number of nitrogens with zero attached hydrogens (tertiary/aromatic N) is 3. The molecule has 1 aromatic heterocycles. The predicted molar refractivity (Wildman–Crippen MR) is 118 cm³/mol. The number of rotatable bonds is 9. The summed E-state index contributed by atoms with van der Waals surface area (Å²) >= 11 is 0. The summed E-state index contributed by atoms with van der Waals surface area (Å²) in [5.74, 6) is 0.996. The molecule has 0 spiro atoms. The quantitative estimate of drug-likeness (QED) is 0.582. The van der Waals surface area contributed by atoms with Gasteiger partial charge in [-0.05, 0) is 38.6 Å². The molecule has 6 heteroatoms. The monoisotopic (exact) mass is 406 g/mol. The summed E-state index contributed by atoms with van der Waals surface area (Å²) < 4.78 is 5.31. The molecule has 0 saturated heterocycles. The lowest BCUT2D eigenvalue weighted by Gasteiger charge is -2.25. The van der Waals surface area contributed by atoms with Crippen LogP contribution in [0, 0.1) is 6.92 Å². The fourth-order valence-electron chi connectivity index (χ4n) is 3.27. The number of hydrogen-bond acceptors (Lipinski definition) is 5. The van der Waals surface area contributed by atoms with Crippen LogP contribution in [0.15, 0.2) is 53.1 Å². The lowest BCUT2D eigenvalue weighted by atomic mass is 10.0. The van der Waals surface area contributed by atoms with Crippen LogP contribution in [0.2, 0.25) is 0 Å². The summed E-state index contributed by atoms with van der Waals surface area (Å²) in [6.45, 7) is 4.73. The van der Waals surface area contributed by atoms with E-state index in [0.29, 0.717) is 31.1 Å². The van der Waals surface area contributed by atoms with E-state index in [1.807, 2.05) is 45.3 Å². The molecule has 6 nitrogen and oxygen atoms in total. The average molecular weight is 407 g/mol. The Bertz CT molecular complexity index is 946. The molecule has 1 atom stereocenters. The first-order valence-corrected chi connectivity index (χ1v) is 10.4. The molecule has 3 aromatic rings. The summed E-state index contributed by atoms with van der Waals surface area (Å²) in [7, 11) is 4.05. The first-order valence-electron chi connectivity index (χ1n) is 10.4. The maximum absolute atomic E-state index is 12.4. The molecule has 1 amide bonds. The van der Waals surface area contributed by atoms with Gasteiger partial charge in [-0.1, -0.05) is 66.2 Å². The van der Waals surface area contributed by atoms with Crippen molar-refractivity contribution in [3.05, 3.63) is 71.1 Å². The molecule has 0 bridgehead atoms. The van der Waals surface area contributed by atoms with Crippen LogP contribution < -0.4 is 5.32 Å². The Balaban J connectivity index is 1.51. The van der Waals surface area contributed by atoms with Crippen molar-refractivity contribution in [1.29, 1.82) is 0 Å². The number of carbonyl (C=O) groups excluding carboxylic acids is 1. The minimum atomic E-state index is -0.0258. The lowest BCUT2D eigenvalue weighted by molar-refractivity contribution is -0.121. The van der Waals surface area contributed by atoms with Crippen molar-refractivity contribution in [1.82, 2.24) is 20.4 Å². The van der Waals surface area contributed by atoms with Crippen molar-refractivity contribution >= 4 is 5.91 Å². The van der Waals surface area contributed by atoms with E-state index in [4.69, 9.17) is 4.52 Å². The molecular formula is C24H30N4O2. The Kier molecular flexibility index (Phi) is 7.36. The van der Waals surface area contributed by atoms with E-state index < -0.39 is 0 Å². The Hall–Kier alpha value is -2.99. The molecule has 0 saturated carbocycles. The van der Waals surface area contributed by atoms with E-state index in [1.54, 1.807) is 0 Å². The van der Waals surface area contributed by atoms with Crippen LogP contribution >= 0.6 is 0 Å². The SMILES string of the molecule is CCc1ccc([C@H](CNC(=O)CCc2nc(-c3ccc(C)cc3)no2)N(C)C)cc1. The van der Waals surface area contributed by atoms with Crippen LogP contribution in [-0.4, -0.2) is 41.6 Å². The third-order valence-electron chi connectivity index (χ3n) is 5.23. The maximum Gasteiger partial charge on any atom is 0.227 e. The lowest BCUT2D eigenvalue weighted by Crippen LogP contribution is -2.34. The second kappa shape index (κ2) is 10.2. The van der Waals surface area contributed by atoms with E-state index >= 15 is 0 Å². The molecule has 1 N–H and O–H groups in total. The van der Waals surface area contributed by atoms with Crippen molar-refractivity contribution in [2.45, 2.75) is 39.2 Å². The first-order chi connectivity index (χ1) is 14.5. The first kappa shape index (κ1) is 21.7. The largest absolute Gasteiger partial charge is 0.354 e. The highest BCUT2D eigenvalue weighted by Gasteiger charge is 2.16. The Morgan fingerprint density at radius 1 is 1.10 bits per heavy atom. The van der Waals surface area contributed by atoms with E-state index in [-0.39, 0.29) is 11.9 Å². The molecule has 30 heavy (non-hydrogen) atoms. The minimum Gasteiger partial charge on any atom is -0.354 e. The fraction of sp³-hybridized carbons (Fsp3) is 0.375. The number of hydrogen-bond donors (Lipinski definition) is 1. The average Bonchev–Trinajstić information content (AvgIpc) is 3.22. The molecule has 0 aliphatic rings. The number of nitrogens with one attached hydrogen (secondary N) is 1. The number of aromatic nitrogens is 2. The Morgan fingerprint density at radius 3 is 2.43 bits per heavy atom. The van der Waals surface area contributed by atoms with Gasteiger partial charge in [-0.15, -0.1) is 0 Å². The van der Waals surface area contributed by atoms with Crippen LogP contribution in [-0.2, 0) is 17.6 Å². The van der Waals surface area contributed by atoms with Gasteiger partial charge in [0.1, 0.15) is 0 Å². The predicted octanol–water partition coefficient (Wildman–Crippen LogP) is 3.96. The van der Waals surface area contributed by atoms with Gasteiger partial charge in [-0.2, -0.15) is 4.98 Å². The van der Waals surface area contributed by atoms with Gasteiger partial charge in [0.05, 0.1) is 6.04 Å². The van der Waals surface area contributed by atoms with Crippen molar-refractivity contribution in [3.63, 3.8) is 0 Å². The van der Waals surface area contributed by atoms with Gasteiger partial charge < -0.3 is 14.7 Å². The zero-order chi connectivity index (χ0) is 21.5. The molecule has 158 valence electrons. The number of amides is 1. The Labute approximate surface area is 178 Å². The van der Waals surface area contributed by atoms with Gasteiger partial charge in [-0.3, -0.25) is 4.79 Å². The van der Waals surface area contributed by atoms with Gasteiger partial charge in [0, 0.05) is 24.9 Å². The van der Waals surface area contributed by atoms with Gasteiger partial charge in [0.25, 0.3) is 0 Å². The molecular weight excluding hydrogens is 376 g/mol. The highest BCUT2D eigenvalue weighted by Crippen LogP contribution is 2.19. The molecule has 0 radical (unpaired) electrons. The fourth-order valence-corrected chi connectivity index (χ4v) is 3.27. The van der Waals surface area contributed by atoms with Crippen molar-refractivity contribution < 1.29 is 9.32 Å². The third-order valence-corrected chi connectivity index (χ3v) is 5.23. The number of carbonyl (C=O) groups is 1. The standard InChI is InChI=1S/C24H30N4O2/c1-5-18-8-12-19(13-9-18)21(28(3)4)16-25-22(29)14-15-23-26-24(27-30-23)20-10-6-17(2)7-11-20/h6-13,21H,5,14-16H2,1-4H3,(H,25,29)/t21-/m0/s1. The van der Waals surface area contributed by atoms with Crippen molar-refractivity contribution in [2.24, 2.45) is 0 Å². The molecule has 1 heterocycles. The van der Waals surface area contributed by atoms with Crippen LogP contribution in [0.5, 0.6) is 0 Å². The second-order valence-corrected chi connectivity index (χ2v) is 7.76. The van der Waals surface area contributed by atoms with Crippen LogP contribution in [0.25, 0.3) is 11.4 Å². The highest BCUT2D eigenvalue weighted by molar-refractivity contribution is 5.76. The van der Waals surface area contributed by atoms with Gasteiger partial charge in [0.15, 0.2) is 0 Å². The minimum absolute atomic E-state index is 0.0258. The van der Waals surface area contributed by atoms with Gasteiger partial charge >= 0.3 is 0 Å². The molecule has 2 aromatic carbocycles. The summed E-state index contributed by atoms with van der Waals surface area (Å²) in [4.78, 5) is 18.9. The Morgan fingerprint density at radius 2 is 1.80 bits per heavy atom. The summed E-state index contributed by atoms with van der Waals surface area (Å²) in [6, 6.07) is 16.6. The highest BCUT2D eigenvalue weighted by atomic mass is 16.5. The van der Waals surface area contributed by atoms with Crippen molar-refractivity contribution in [3.8, 4) is 11.4 Å². The number of aryl methyl sites for hydroxylation is 3. The zero-order valence-corrected chi connectivity index (χ0v) is 18.2. The van der Waals surface area contributed by atoms with Crippen molar-refractivity contribution in [2.75, 3.05) is 20.6 Å². The number of benzene rings is 2. The topological polar surface area (TPSA) is 71.3 Å². The second-order valence-electron chi connectivity index (χ2n) is 7.76. The molecule has 0 unspecified atom stereocenters. The van der Waals surface area contributed by atoms with E-state index in [1.165, 1.54) is 16.7 Å². The van der Waals surface area contributed by atoms with Crippen LogP contribution in [0.1, 0.15) is 42.0 Å². The van der Waals surface area contributed by atoms with E-state index in [0.717, 1.165) is 12.0 Å². The van der Waals surface area contributed by atoms with Gasteiger partial charge in [0.2, 0.25) is 17.6 Å². The van der Waals surface area contributed by atoms with E-state index in [9.17, 15) is 4.79 Å². The zero-order valence-electron chi connectivity index (χ0n) is 18.2. The van der Waals surface area contributed by atoms with Crippen LogP contribution in [0.4, 0.5) is 0 Å². The maximum atomic E-state index is 12.4. The summed E-state index contributed by atoms with van der Waals surface area (Å²) in [5, 5.41) is 7.06. The third kappa shape index (κ3) is 5.76. The number of likely N-dealkylation sites (N-methyl/N-ethyl adjacent to an activating group) is 1. The molecule has 0 fully saturated rings. The van der Waals surface area contributed by atoms with Crippen LogP contribution in [0.3, 0.4) is 0 Å². The summed E-state index contributed by atoms with van der Waals surface area (Å²) in [5.41, 5.74) is 4.58. The van der Waals surface area contributed by atoms with E-state index in [2.05, 4.69) is 51.5 Å². The smallest absolute Gasteiger partial charge is 0.227 e. The molecule has 0 aliphatic carbocycles. The molecule has 0 aliphatic heterocycles. The summed E-state index contributed by atoms with van der Waals surface area (Å²) in [6.07, 6.45) is 1.75. The van der Waals surface area contributed by atoms with Gasteiger partial charge in [-0.25, -0.2) is 0 Å². The molecule has 3 rings (SSSR count). The normalized spacial score (nSPS) is 12.2.